The van der Waals surface area contributed by atoms with Crippen LogP contribution in [0.15, 0.2) is 36.7 Å². The van der Waals surface area contributed by atoms with E-state index in [2.05, 4.69) is 4.98 Å². The van der Waals surface area contributed by atoms with Crippen LogP contribution in [-0.2, 0) is 6.54 Å². The molecule has 3 heteroatoms. The third-order valence-corrected chi connectivity index (χ3v) is 2.81. The van der Waals surface area contributed by atoms with Gasteiger partial charge in [0.25, 0.3) is 0 Å². The molecular formula is C14H16N2O. The number of benzene rings is 1. The van der Waals surface area contributed by atoms with Gasteiger partial charge in [0.05, 0.1) is 7.11 Å². The summed E-state index contributed by atoms with van der Waals surface area (Å²) >= 11 is 0. The fourth-order valence-corrected chi connectivity index (χ4v) is 1.95. The Morgan fingerprint density at radius 3 is 2.47 bits per heavy atom. The first-order valence-electron chi connectivity index (χ1n) is 5.54. The quantitative estimate of drug-likeness (QED) is 0.878. The summed E-state index contributed by atoms with van der Waals surface area (Å²) in [6.45, 7) is 2.54. The van der Waals surface area contributed by atoms with E-state index < -0.39 is 0 Å². The van der Waals surface area contributed by atoms with E-state index in [4.69, 9.17) is 10.5 Å². The third kappa shape index (κ3) is 2.29. The lowest BCUT2D eigenvalue weighted by molar-refractivity contribution is 0.415. The van der Waals surface area contributed by atoms with Gasteiger partial charge in [0.2, 0.25) is 0 Å². The van der Waals surface area contributed by atoms with Crippen molar-refractivity contribution < 1.29 is 4.74 Å². The summed E-state index contributed by atoms with van der Waals surface area (Å²) in [5.41, 5.74) is 10.3. The highest BCUT2D eigenvalue weighted by Gasteiger charge is 2.07. The van der Waals surface area contributed by atoms with Crippen molar-refractivity contribution in [3.05, 3.63) is 47.8 Å². The highest BCUT2D eigenvalue weighted by molar-refractivity contribution is 5.70. The first-order chi connectivity index (χ1) is 8.26. The molecule has 0 atom stereocenters. The van der Waals surface area contributed by atoms with Gasteiger partial charge >= 0.3 is 0 Å². The lowest BCUT2D eigenvalue weighted by atomic mass is 9.97. The van der Waals surface area contributed by atoms with Crippen LogP contribution < -0.4 is 10.5 Å². The first-order valence-corrected chi connectivity index (χ1v) is 5.54. The minimum absolute atomic E-state index is 0.496. The molecule has 1 heterocycles. The molecular weight excluding hydrogens is 212 g/mol. The molecule has 88 valence electrons. The van der Waals surface area contributed by atoms with Crippen molar-refractivity contribution in [2.75, 3.05) is 7.11 Å². The van der Waals surface area contributed by atoms with Gasteiger partial charge in [0, 0.05) is 18.9 Å². The molecule has 0 bridgehead atoms. The van der Waals surface area contributed by atoms with Gasteiger partial charge in [-0.15, -0.1) is 0 Å². The number of nitrogens with zero attached hydrogens (tertiary/aromatic N) is 1. The standard InChI is InChI=1S/C14H16N2O/c1-10-8-16-9-12(7-15)14(10)11-3-5-13(17-2)6-4-11/h3-6,8-9H,7,15H2,1-2H3. The number of aryl methyl sites for hydroxylation is 1. The molecule has 1 aromatic carbocycles. The second-order valence-corrected chi connectivity index (χ2v) is 3.92. The number of aromatic nitrogens is 1. The van der Waals surface area contributed by atoms with E-state index >= 15 is 0 Å². The molecule has 0 saturated carbocycles. The molecule has 1 aromatic heterocycles. The molecule has 2 N–H and O–H groups in total. The van der Waals surface area contributed by atoms with Gasteiger partial charge in [-0.1, -0.05) is 12.1 Å². The van der Waals surface area contributed by atoms with Crippen molar-refractivity contribution in [2.24, 2.45) is 5.73 Å². The monoisotopic (exact) mass is 228 g/mol. The zero-order valence-corrected chi connectivity index (χ0v) is 10.1. The molecule has 2 aromatic rings. The smallest absolute Gasteiger partial charge is 0.118 e. The van der Waals surface area contributed by atoms with E-state index in [0.717, 1.165) is 22.4 Å². The number of pyridine rings is 1. The van der Waals surface area contributed by atoms with Crippen LogP contribution in [0, 0.1) is 6.92 Å². The maximum atomic E-state index is 5.75. The van der Waals surface area contributed by atoms with Gasteiger partial charge in [-0.05, 0) is 41.3 Å². The van der Waals surface area contributed by atoms with Crippen LogP contribution in [0.1, 0.15) is 11.1 Å². The van der Waals surface area contributed by atoms with Crippen LogP contribution in [-0.4, -0.2) is 12.1 Å². The molecule has 0 unspecified atom stereocenters. The molecule has 0 radical (unpaired) electrons. The van der Waals surface area contributed by atoms with E-state index in [0.29, 0.717) is 6.54 Å². The van der Waals surface area contributed by atoms with Gasteiger partial charge in [0.1, 0.15) is 5.75 Å². The predicted octanol–water partition coefficient (Wildman–Crippen LogP) is 2.52. The molecule has 3 nitrogen and oxygen atoms in total. The Kier molecular flexibility index (Phi) is 3.40. The number of methoxy groups -OCH3 is 1. The summed E-state index contributed by atoms with van der Waals surface area (Å²) in [4.78, 5) is 4.17. The minimum atomic E-state index is 0.496. The summed E-state index contributed by atoms with van der Waals surface area (Å²) in [5, 5.41) is 0. The second-order valence-electron chi connectivity index (χ2n) is 3.92. The normalized spacial score (nSPS) is 10.3. The Labute approximate surface area is 101 Å². The summed E-state index contributed by atoms with van der Waals surface area (Å²) in [7, 11) is 1.66. The fraction of sp³-hybridized carbons (Fsp3) is 0.214. The maximum absolute atomic E-state index is 5.75. The van der Waals surface area contributed by atoms with E-state index in [1.165, 1.54) is 5.56 Å². The van der Waals surface area contributed by atoms with Gasteiger partial charge in [-0.25, -0.2) is 0 Å². The van der Waals surface area contributed by atoms with E-state index in [-0.39, 0.29) is 0 Å². The molecule has 0 aliphatic carbocycles. The van der Waals surface area contributed by atoms with Crippen molar-refractivity contribution in [3.8, 4) is 16.9 Å². The largest absolute Gasteiger partial charge is 0.497 e. The number of hydrogen-bond donors (Lipinski definition) is 1. The van der Waals surface area contributed by atoms with Crippen molar-refractivity contribution in [2.45, 2.75) is 13.5 Å². The Morgan fingerprint density at radius 1 is 1.18 bits per heavy atom. The van der Waals surface area contributed by atoms with Gasteiger partial charge < -0.3 is 10.5 Å². The maximum Gasteiger partial charge on any atom is 0.118 e. The van der Waals surface area contributed by atoms with E-state index in [1.807, 2.05) is 43.6 Å². The fourth-order valence-electron chi connectivity index (χ4n) is 1.95. The van der Waals surface area contributed by atoms with Crippen LogP contribution in [0.2, 0.25) is 0 Å². The predicted molar refractivity (Wildman–Crippen MR) is 68.9 cm³/mol. The molecule has 0 spiro atoms. The average Bonchev–Trinajstić information content (AvgIpc) is 2.38. The average molecular weight is 228 g/mol. The van der Waals surface area contributed by atoms with Crippen LogP contribution >= 0.6 is 0 Å². The van der Waals surface area contributed by atoms with E-state index in [1.54, 1.807) is 7.11 Å². The number of nitrogens with two attached hydrogens (primary N) is 1. The zero-order chi connectivity index (χ0) is 12.3. The number of ether oxygens (including phenoxy) is 1. The number of hydrogen-bond acceptors (Lipinski definition) is 3. The molecule has 17 heavy (non-hydrogen) atoms. The SMILES string of the molecule is COc1ccc(-c2c(C)cncc2CN)cc1. The van der Waals surface area contributed by atoms with Crippen LogP contribution in [0.4, 0.5) is 0 Å². The molecule has 0 saturated heterocycles. The topological polar surface area (TPSA) is 48.1 Å². The lowest BCUT2D eigenvalue weighted by Gasteiger charge is -2.11. The van der Waals surface area contributed by atoms with Gasteiger partial charge in [-0.2, -0.15) is 0 Å². The lowest BCUT2D eigenvalue weighted by Crippen LogP contribution is -2.01. The Balaban J connectivity index is 2.51. The van der Waals surface area contributed by atoms with Crippen molar-refractivity contribution in [1.29, 1.82) is 0 Å². The second kappa shape index (κ2) is 4.97. The summed E-state index contributed by atoms with van der Waals surface area (Å²) in [5.74, 6) is 0.856. The highest BCUT2D eigenvalue weighted by atomic mass is 16.5. The number of rotatable bonds is 3. The zero-order valence-electron chi connectivity index (χ0n) is 10.1. The Hall–Kier alpha value is -1.87. The highest BCUT2D eigenvalue weighted by Crippen LogP contribution is 2.28. The molecule has 0 aliphatic rings. The summed E-state index contributed by atoms with van der Waals surface area (Å²) < 4.78 is 5.15. The molecule has 0 fully saturated rings. The molecule has 0 amide bonds. The Bertz CT molecular complexity index is 506. The van der Waals surface area contributed by atoms with Gasteiger partial charge in [0.15, 0.2) is 0 Å². The van der Waals surface area contributed by atoms with Crippen LogP contribution in [0.3, 0.4) is 0 Å². The molecule has 2 rings (SSSR count). The van der Waals surface area contributed by atoms with E-state index in [9.17, 15) is 0 Å². The van der Waals surface area contributed by atoms with Crippen molar-refractivity contribution >= 4 is 0 Å². The van der Waals surface area contributed by atoms with Crippen LogP contribution in [0.25, 0.3) is 11.1 Å². The van der Waals surface area contributed by atoms with Crippen molar-refractivity contribution in [3.63, 3.8) is 0 Å². The summed E-state index contributed by atoms with van der Waals surface area (Å²) in [6.07, 6.45) is 3.69. The minimum Gasteiger partial charge on any atom is -0.497 e. The molecule has 0 aliphatic heterocycles. The third-order valence-electron chi connectivity index (χ3n) is 2.81. The Morgan fingerprint density at radius 2 is 1.88 bits per heavy atom. The van der Waals surface area contributed by atoms with Gasteiger partial charge in [-0.3, -0.25) is 4.98 Å². The summed E-state index contributed by atoms with van der Waals surface area (Å²) in [6, 6.07) is 7.99. The first kappa shape index (κ1) is 11.6. The van der Waals surface area contributed by atoms with Crippen molar-refractivity contribution in [1.82, 2.24) is 4.98 Å². The van der Waals surface area contributed by atoms with Crippen LogP contribution in [0.5, 0.6) is 5.75 Å².